The Bertz CT molecular complexity index is 1160. The lowest BCUT2D eigenvalue weighted by Crippen LogP contribution is -2.30. The SMILES string of the molecule is CCN1C(=O)C(=Cc2ccc(N(c3ccccc3)c3ccccc3)cc2)OC1=NC1CCCCC1. The summed E-state index contributed by atoms with van der Waals surface area (Å²) in [4.78, 5) is 21.6. The van der Waals surface area contributed by atoms with Crippen LogP contribution in [-0.2, 0) is 9.53 Å². The molecule has 0 spiro atoms. The summed E-state index contributed by atoms with van der Waals surface area (Å²) in [7, 11) is 0. The highest BCUT2D eigenvalue weighted by Gasteiger charge is 2.34. The van der Waals surface area contributed by atoms with Crippen molar-refractivity contribution >= 4 is 35.1 Å². The zero-order chi connectivity index (χ0) is 24.0. The van der Waals surface area contributed by atoms with Gasteiger partial charge in [-0.1, -0.05) is 67.8 Å². The van der Waals surface area contributed by atoms with Crippen molar-refractivity contribution in [2.45, 2.75) is 45.1 Å². The number of anilines is 3. The fourth-order valence-corrected chi connectivity index (χ4v) is 4.72. The molecule has 178 valence electrons. The summed E-state index contributed by atoms with van der Waals surface area (Å²) < 4.78 is 5.98. The highest BCUT2D eigenvalue weighted by molar-refractivity contribution is 6.11. The molecule has 1 heterocycles. The molecule has 1 amide bonds. The predicted octanol–water partition coefficient (Wildman–Crippen LogP) is 7.06. The van der Waals surface area contributed by atoms with Gasteiger partial charge >= 0.3 is 6.02 Å². The molecule has 5 rings (SSSR count). The third kappa shape index (κ3) is 5.14. The van der Waals surface area contributed by atoms with Crippen LogP contribution in [0.4, 0.5) is 17.1 Å². The topological polar surface area (TPSA) is 45.1 Å². The van der Waals surface area contributed by atoms with Gasteiger partial charge < -0.3 is 9.64 Å². The minimum Gasteiger partial charge on any atom is -0.420 e. The lowest BCUT2D eigenvalue weighted by Gasteiger charge is -2.25. The van der Waals surface area contributed by atoms with Crippen molar-refractivity contribution in [1.82, 2.24) is 4.90 Å². The molecule has 3 aromatic rings. The Kier molecular flexibility index (Phi) is 6.94. The number of ether oxygens (including phenoxy) is 1. The normalized spacial score (nSPS) is 18.8. The standard InChI is InChI=1S/C30H31N3O2/c1-2-32-29(34)28(35-30(32)31-24-12-6-3-7-13-24)22-23-18-20-27(21-19-23)33(25-14-8-4-9-15-25)26-16-10-5-11-17-26/h4-5,8-11,14-22,24H,2-3,6-7,12-13H2,1H3. The van der Waals surface area contributed by atoms with Gasteiger partial charge in [0.2, 0.25) is 0 Å². The molecule has 0 radical (unpaired) electrons. The van der Waals surface area contributed by atoms with Crippen LogP contribution in [0.5, 0.6) is 0 Å². The average Bonchev–Trinajstić information content (AvgIpc) is 3.20. The zero-order valence-electron chi connectivity index (χ0n) is 20.1. The van der Waals surface area contributed by atoms with Crippen LogP contribution in [0.25, 0.3) is 6.08 Å². The van der Waals surface area contributed by atoms with Gasteiger partial charge in [-0.25, -0.2) is 4.99 Å². The van der Waals surface area contributed by atoms with Gasteiger partial charge in [-0.3, -0.25) is 9.69 Å². The van der Waals surface area contributed by atoms with Crippen molar-refractivity contribution < 1.29 is 9.53 Å². The van der Waals surface area contributed by atoms with Crippen LogP contribution in [0.2, 0.25) is 0 Å². The number of rotatable bonds is 6. The van der Waals surface area contributed by atoms with Gasteiger partial charge in [0.15, 0.2) is 5.76 Å². The molecule has 2 fully saturated rings. The predicted molar refractivity (Wildman–Crippen MR) is 142 cm³/mol. The van der Waals surface area contributed by atoms with Crippen LogP contribution >= 0.6 is 0 Å². The molecule has 5 nitrogen and oxygen atoms in total. The number of hydrogen-bond donors (Lipinski definition) is 0. The highest BCUT2D eigenvalue weighted by atomic mass is 16.5. The lowest BCUT2D eigenvalue weighted by molar-refractivity contribution is -0.122. The van der Waals surface area contributed by atoms with Crippen molar-refractivity contribution in [2.75, 3.05) is 11.4 Å². The van der Waals surface area contributed by atoms with E-state index < -0.39 is 0 Å². The number of likely N-dealkylation sites (N-methyl/N-ethyl adjacent to an activating group) is 1. The molecule has 1 saturated heterocycles. The molecule has 0 atom stereocenters. The second kappa shape index (κ2) is 10.6. The van der Waals surface area contributed by atoms with Gasteiger partial charge in [-0.05, 0) is 67.8 Å². The Balaban J connectivity index is 1.40. The third-order valence-electron chi connectivity index (χ3n) is 6.55. The molecule has 2 aliphatic rings. The molecule has 0 N–H and O–H groups in total. The van der Waals surface area contributed by atoms with Crippen molar-refractivity contribution in [3.8, 4) is 0 Å². The second-order valence-electron chi connectivity index (χ2n) is 8.96. The smallest absolute Gasteiger partial charge is 0.300 e. The fourth-order valence-electron chi connectivity index (χ4n) is 4.72. The number of hydrogen-bond acceptors (Lipinski definition) is 4. The Morgan fingerprint density at radius 3 is 2.00 bits per heavy atom. The second-order valence-corrected chi connectivity index (χ2v) is 8.96. The van der Waals surface area contributed by atoms with E-state index in [9.17, 15) is 4.79 Å². The number of nitrogens with zero attached hydrogens (tertiary/aromatic N) is 3. The number of amides is 1. The maximum absolute atomic E-state index is 13.0. The van der Waals surface area contributed by atoms with E-state index in [2.05, 4.69) is 41.3 Å². The monoisotopic (exact) mass is 465 g/mol. The summed E-state index contributed by atoms with van der Waals surface area (Å²) >= 11 is 0. The number of para-hydroxylation sites is 2. The molecular formula is C30H31N3O2. The number of benzene rings is 3. The number of aliphatic imine (C=N–C) groups is 1. The number of carbonyl (C=O) groups is 1. The van der Waals surface area contributed by atoms with Crippen LogP contribution in [0.1, 0.15) is 44.6 Å². The lowest BCUT2D eigenvalue weighted by atomic mass is 9.96. The quantitative estimate of drug-likeness (QED) is 0.366. The van der Waals surface area contributed by atoms with E-state index in [1.807, 2.05) is 61.5 Å². The Hall–Kier alpha value is -3.86. The van der Waals surface area contributed by atoms with Gasteiger partial charge in [0.05, 0.1) is 6.04 Å². The highest BCUT2D eigenvalue weighted by Crippen LogP contribution is 2.34. The van der Waals surface area contributed by atoms with Crippen LogP contribution < -0.4 is 4.90 Å². The van der Waals surface area contributed by atoms with Gasteiger partial charge in [0.25, 0.3) is 5.91 Å². The number of carbonyl (C=O) groups excluding carboxylic acids is 1. The Labute approximate surface area is 207 Å². The molecule has 5 heteroatoms. The molecule has 1 saturated carbocycles. The van der Waals surface area contributed by atoms with Crippen LogP contribution in [0.3, 0.4) is 0 Å². The Morgan fingerprint density at radius 1 is 0.857 bits per heavy atom. The Morgan fingerprint density at radius 2 is 1.43 bits per heavy atom. The molecule has 35 heavy (non-hydrogen) atoms. The van der Waals surface area contributed by atoms with Crippen LogP contribution in [0.15, 0.2) is 95.7 Å². The maximum Gasteiger partial charge on any atom is 0.300 e. The van der Waals surface area contributed by atoms with E-state index in [0.29, 0.717) is 18.3 Å². The van der Waals surface area contributed by atoms with Gasteiger partial charge in [-0.2, -0.15) is 0 Å². The molecule has 3 aromatic carbocycles. The molecule has 1 aliphatic heterocycles. The van der Waals surface area contributed by atoms with E-state index in [-0.39, 0.29) is 11.9 Å². The molecule has 1 aliphatic carbocycles. The van der Waals surface area contributed by atoms with Crippen molar-refractivity contribution in [3.05, 3.63) is 96.3 Å². The van der Waals surface area contributed by atoms with Crippen molar-refractivity contribution in [1.29, 1.82) is 0 Å². The largest absolute Gasteiger partial charge is 0.420 e. The maximum atomic E-state index is 13.0. The van der Waals surface area contributed by atoms with Crippen LogP contribution in [-0.4, -0.2) is 29.4 Å². The van der Waals surface area contributed by atoms with Crippen molar-refractivity contribution in [3.63, 3.8) is 0 Å². The number of amidine groups is 1. The zero-order valence-corrected chi connectivity index (χ0v) is 20.1. The van der Waals surface area contributed by atoms with E-state index in [1.54, 1.807) is 4.90 Å². The first kappa shape index (κ1) is 22.9. The molecule has 0 unspecified atom stereocenters. The summed E-state index contributed by atoms with van der Waals surface area (Å²) in [6, 6.07) is 29.5. The van der Waals surface area contributed by atoms with E-state index in [4.69, 9.17) is 9.73 Å². The first-order valence-electron chi connectivity index (χ1n) is 12.5. The average molecular weight is 466 g/mol. The first-order valence-corrected chi connectivity index (χ1v) is 12.5. The minimum absolute atomic E-state index is 0.124. The van der Waals surface area contributed by atoms with Crippen LogP contribution in [0, 0.1) is 0 Å². The summed E-state index contributed by atoms with van der Waals surface area (Å²) in [5, 5.41) is 0. The minimum atomic E-state index is -0.124. The summed E-state index contributed by atoms with van der Waals surface area (Å²) in [5.41, 5.74) is 4.12. The summed E-state index contributed by atoms with van der Waals surface area (Å²) in [5.74, 6) is 0.207. The van der Waals surface area contributed by atoms with Gasteiger partial charge in [-0.15, -0.1) is 0 Å². The first-order chi connectivity index (χ1) is 17.2. The van der Waals surface area contributed by atoms with Gasteiger partial charge in [0, 0.05) is 23.6 Å². The van der Waals surface area contributed by atoms with E-state index >= 15 is 0 Å². The summed E-state index contributed by atoms with van der Waals surface area (Å²) in [6.45, 7) is 2.50. The van der Waals surface area contributed by atoms with Gasteiger partial charge in [0.1, 0.15) is 0 Å². The van der Waals surface area contributed by atoms with E-state index in [0.717, 1.165) is 35.5 Å². The summed E-state index contributed by atoms with van der Waals surface area (Å²) in [6.07, 6.45) is 7.61. The molecule has 0 aromatic heterocycles. The third-order valence-corrected chi connectivity index (χ3v) is 6.55. The molecular weight excluding hydrogens is 434 g/mol. The van der Waals surface area contributed by atoms with E-state index in [1.165, 1.54) is 19.3 Å². The van der Waals surface area contributed by atoms with Crippen molar-refractivity contribution in [2.24, 2.45) is 4.99 Å². The fraction of sp³-hybridized carbons (Fsp3) is 0.267. The molecule has 0 bridgehead atoms.